The van der Waals surface area contributed by atoms with Crippen molar-refractivity contribution in [2.24, 2.45) is 0 Å². The van der Waals surface area contributed by atoms with Crippen LogP contribution in [0.5, 0.6) is 0 Å². The third-order valence-electron chi connectivity index (χ3n) is 5.23. The normalized spacial score (nSPS) is 31.4. The zero-order chi connectivity index (χ0) is 19.4. The van der Waals surface area contributed by atoms with E-state index in [-0.39, 0.29) is 0 Å². The number of amides is 2. The lowest BCUT2D eigenvalue weighted by Gasteiger charge is -2.35. The molecule has 2 saturated heterocycles. The lowest BCUT2D eigenvalue weighted by atomic mass is 9.85. The van der Waals surface area contributed by atoms with E-state index >= 15 is 0 Å². The van der Waals surface area contributed by atoms with Crippen LogP contribution < -0.4 is 10.2 Å². The molecule has 7 nitrogen and oxygen atoms in total. The van der Waals surface area contributed by atoms with Gasteiger partial charge in [-0.05, 0) is 38.1 Å². The molecule has 0 unspecified atom stereocenters. The highest BCUT2D eigenvalue weighted by Crippen LogP contribution is 2.63. The van der Waals surface area contributed by atoms with Gasteiger partial charge in [-0.1, -0.05) is 36.4 Å². The Bertz CT molecular complexity index is 943. The van der Waals surface area contributed by atoms with Crippen LogP contribution in [0.3, 0.4) is 0 Å². The van der Waals surface area contributed by atoms with Crippen LogP contribution >= 0.6 is 0 Å². The molecule has 7 heteroatoms. The van der Waals surface area contributed by atoms with Crippen molar-refractivity contribution in [1.29, 1.82) is 0 Å². The van der Waals surface area contributed by atoms with Crippen molar-refractivity contribution in [2.45, 2.75) is 30.8 Å². The number of nitrogens with zero attached hydrogens (tertiary/aromatic N) is 1. The smallest absolute Gasteiger partial charge is 0.273 e. The molecule has 2 fully saturated rings. The molecule has 2 aromatic carbocycles. The number of Topliss-reactive ketones (excluding diaryl/α,β-unsaturated/α-hetero) is 1. The Morgan fingerprint density at radius 1 is 1.04 bits per heavy atom. The second-order valence-corrected chi connectivity index (χ2v) is 6.84. The minimum absolute atomic E-state index is 0.371. The summed E-state index contributed by atoms with van der Waals surface area (Å²) in [5, 5.41) is 13.9. The van der Waals surface area contributed by atoms with Crippen LogP contribution in [0.15, 0.2) is 60.7 Å². The number of ether oxygens (including phenoxy) is 1. The number of hydrogen-bond acceptors (Lipinski definition) is 5. The Morgan fingerprint density at radius 3 is 2.15 bits per heavy atom. The zero-order valence-corrected chi connectivity index (χ0v) is 14.8. The highest BCUT2D eigenvalue weighted by Gasteiger charge is 2.95. The number of fused-ring (bicyclic) bond motifs is 1. The van der Waals surface area contributed by atoms with Gasteiger partial charge in [-0.3, -0.25) is 19.3 Å². The van der Waals surface area contributed by atoms with E-state index < -0.39 is 34.5 Å². The topological polar surface area (TPSA) is 99.2 Å². The van der Waals surface area contributed by atoms with Gasteiger partial charge in [-0.25, -0.2) is 0 Å². The van der Waals surface area contributed by atoms with Crippen molar-refractivity contribution in [1.82, 2.24) is 0 Å². The van der Waals surface area contributed by atoms with Crippen molar-refractivity contribution in [3.63, 3.8) is 0 Å². The lowest BCUT2D eigenvalue weighted by Crippen LogP contribution is -2.58. The Balaban J connectivity index is 1.81. The average Bonchev–Trinajstić information content (AvgIpc) is 3.34. The van der Waals surface area contributed by atoms with E-state index in [4.69, 9.17) is 4.74 Å². The fourth-order valence-corrected chi connectivity index (χ4v) is 3.92. The van der Waals surface area contributed by atoms with Crippen LogP contribution in [-0.2, 0) is 19.1 Å². The molecule has 0 saturated carbocycles. The van der Waals surface area contributed by atoms with Crippen molar-refractivity contribution >= 4 is 29.0 Å². The van der Waals surface area contributed by atoms with E-state index in [9.17, 15) is 19.5 Å². The summed E-state index contributed by atoms with van der Waals surface area (Å²) in [5.74, 6) is -2.13. The molecule has 0 bridgehead atoms. The largest absolute Gasteiger partial charge is 0.367 e. The van der Waals surface area contributed by atoms with E-state index in [1.165, 1.54) is 13.8 Å². The molecular formula is C20H18N2O5. The number of aliphatic hydroxyl groups is 1. The molecular weight excluding hydrogens is 348 g/mol. The molecule has 0 radical (unpaired) electrons. The molecule has 0 aromatic heterocycles. The van der Waals surface area contributed by atoms with Crippen molar-refractivity contribution in [3.05, 3.63) is 60.7 Å². The maximum atomic E-state index is 13.1. The predicted molar refractivity (Wildman–Crippen MR) is 96.9 cm³/mol. The lowest BCUT2D eigenvalue weighted by molar-refractivity contribution is -0.136. The summed E-state index contributed by atoms with van der Waals surface area (Å²) >= 11 is 0. The number of nitrogens with one attached hydrogen (secondary N) is 1. The summed E-state index contributed by atoms with van der Waals surface area (Å²) in [7, 11) is 0. The molecule has 3 atom stereocenters. The summed E-state index contributed by atoms with van der Waals surface area (Å²) in [4.78, 5) is 39.7. The van der Waals surface area contributed by atoms with Crippen molar-refractivity contribution in [2.75, 3.05) is 10.2 Å². The number of anilines is 2. The van der Waals surface area contributed by atoms with Gasteiger partial charge in [0, 0.05) is 11.4 Å². The van der Waals surface area contributed by atoms with E-state index in [2.05, 4.69) is 5.32 Å². The molecule has 2 N–H and O–H groups in total. The van der Waals surface area contributed by atoms with Gasteiger partial charge in [-0.15, -0.1) is 0 Å². The van der Waals surface area contributed by atoms with Crippen molar-refractivity contribution < 1.29 is 24.2 Å². The van der Waals surface area contributed by atoms with Gasteiger partial charge in [0.25, 0.3) is 11.8 Å². The number of para-hydroxylation sites is 2. The third-order valence-corrected chi connectivity index (χ3v) is 5.23. The Morgan fingerprint density at radius 2 is 1.59 bits per heavy atom. The summed E-state index contributed by atoms with van der Waals surface area (Å²) in [6.45, 7) is 2.49. The summed E-state index contributed by atoms with van der Waals surface area (Å²) < 4.78 is 5.50. The third kappa shape index (κ3) is 2.01. The predicted octanol–water partition coefficient (Wildman–Crippen LogP) is 1.48. The Labute approximate surface area is 155 Å². The maximum Gasteiger partial charge on any atom is 0.273 e. The molecule has 2 aliphatic heterocycles. The molecule has 2 aliphatic rings. The second kappa shape index (κ2) is 5.48. The minimum Gasteiger partial charge on any atom is -0.367 e. The number of hydrogen-bond donors (Lipinski definition) is 2. The summed E-state index contributed by atoms with van der Waals surface area (Å²) in [6.07, 6.45) is 0. The quantitative estimate of drug-likeness (QED) is 0.631. The molecule has 2 amide bonds. The Kier molecular flexibility index (Phi) is 3.53. The molecule has 2 heterocycles. The van der Waals surface area contributed by atoms with E-state index in [1.807, 2.05) is 0 Å². The van der Waals surface area contributed by atoms with Gasteiger partial charge in [0.05, 0.1) is 0 Å². The number of rotatable bonds is 4. The first-order chi connectivity index (χ1) is 12.8. The molecule has 0 aliphatic carbocycles. The molecule has 138 valence electrons. The second-order valence-electron chi connectivity index (χ2n) is 6.84. The fraction of sp³-hybridized carbons (Fsp3) is 0.250. The molecule has 2 aromatic rings. The van der Waals surface area contributed by atoms with Gasteiger partial charge in [-0.2, -0.15) is 0 Å². The standard InChI is InChI=1S/C20H18N2O5/c1-13(23)19-17(25)22(15-11-7-4-8-12-15)18(2,26)20(19,27-19)16(24)21-14-9-5-3-6-10-14/h3-12,26H,1-2H3,(H,21,24)/t18-,19+,20-/m1/s1. The highest BCUT2D eigenvalue weighted by molar-refractivity contribution is 6.29. The number of carbonyl (C=O) groups excluding carboxylic acids is 3. The highest BCUT2D eigenvalue weighted by atomic mass is 16.7. The summed E-state index contributed by atoms with van der Waals surface area (Å²) in [6, 6.07) is 17.0. The summed E-state index contributed by atoms with van der Waals surface area (Å²) in [5.41, 5.74) is -5.29. The zero-order valence-electron chi connectivity index (χ0n) is 14.8. The number of benzene rings is 2. The molecule has 27 heavy (non-hydrogen) atoms. The van der Waals surface area contributed by atoms with Crippen LogP contribution in [0.2, 0.25) is 0 Å². The first-order valence-electron chi connectivity index (χ1n) is 8.49. The monoisotopic (exact) mass is 366 g/mol. The van der Waals surface area contributed by atoms with E-state index in [0.717, 1.165) is 4.90 Å². The van der Waals surface area contributed by atoms with Crippen LogP contribution in [-0.4, -0.2) is 39.6 Å². The van der Waals surface area contributed by atoms with Crippen LogP contribution in [0, 0.1) is 0 Å². The number of epoxide rings is 1. The van der Waals surface area contributed by atoms with Crippen LogP contribution in [0.1, 0.15) is 13.8 Å². The van der Waals surface area contributed by atoms with Gasteiger partial charge >= 0.3 is 0 Å². The maximum absolute atomic E-state index is 13.1. The SMILES string of the molecule is CC(=O)[C@@]12O[C@]1(C(=O)Nc1ccccc1)[C@@](C)(O)N(c1ccccc1)C2=O. The minimum atomic E-state index is -2.06. The molecule has 4 rings (SSSR count). The van der Waals surface area contributed by atoms with Crippen molar-refractivity contribution in [3.8, 4) is 0 Å². The van der Waals surface area contributed by atoms with Gasteiger partial charge in [0.1, 0.15) is 0 Å². The van der Waals surface area contributed by atoms with Crippen LogP contribution in [0.25, 0.3) is 0 Å². The number of ketones is 1. The van der Waals surface area contributed by atoms with Gasteiger partial charge in [0.2, 0.25) is 11.2 Å². The first-order valence-corrected chi connectivity index (χ1v) is 8.49. The van der Waals surface area contributed by atoms with Gasteiger partial charge < -0.3 is 15.2 Å². The van der Waals surface area contributed by atoms with E-state index in [0.29, 0.717) is 11.4 Å². The molecule has 0 spiro atoms. The van der Waals surface area contributed by atoms with Crippen LogP contribution in [0.4, 0.5) is 11.4 Å². The average molecular weight is 366 g/mol. The van der Waals surface area contributed by atoms with Gasteiger partial charge in [0.15, 0.2) is 11.5 Å². The fourth-order valence-electron chi connectivity index (χ4n) is 3.92. The van der Waals surface area contributed by atoms with E-state index in [1.54, 1.807) is 60.7 Å². The first kappa shape index (κ1) is 17.4. The Hall–Kier alpha value is -3.03. The number of carbonyl (C=O) groups is 3. The number of morpholine rings is 1.